The minimum atomic E-state index is 0.105. The predicted octanol–water partition coefficient (Wildman–Crippen LogP) is 2.41. The van der Waals surface area contributed by atoms with E-state index in [0.29, 0.717) is 11.6 Å². The van der Waals surface area contributed by atoms with Crippen LogP contribution in [0.1, 0.15) is 11.7 Å². The zero-order valence-electron chi connectivity index (χ0n) is 10.4. The molecule has 0 radical (unpaired) electrons. The molecule has 1 heterocycles. The van der Waals surface area contributed by atoms with Gasteiger partial charge in [0.25, 0.3) is 0 Å². The van der Waals surface area contributed by atoms with E-state index in [1.807, 2.05) is 49.1 Å². The van der Waals surface area contributed by atoms with Gasteiger partial charge in [-0.05, 0) is 37.4 Å². The first-order chi connectivity index (χ1) is 8.70. The van der Waals surface area contributed by atoms with Gasteiger partial charge in [0.1, 0.15) is 12.4 Å². The van der Waals surface area contributed by atoms with Crippen LogP contribution in [0.2, 0.25) is 5.02 Å². The number of rotatable bonds is 5. The van der Waals surface area contributed by atoms with E-state index in [1.54, 1.807) is 6.20 Å². The molecule has 2 aromatic rings. The number of halogens is 1. The third-order valence-corrected chi connectivity index (χ3v) is 3.05. The number of benzene rings is 1. The average Bonchev–Trinajstić information content (AvgIpc) is 2.79. The van der Waals surface area contributed by atoms with Crippen LogP contribution in [0.4, 0.5) is 0 Å². The highest BCUT2D eigenvalue weighted by molar-refractivity contribution is 6.30. The molecule has 4 nitrogen and oxygen atoms in total. The fraction of sp³-hybridized carbons (Fsp3) is 0.308. The van der Waals surface area contributed by atoms with Crippen LogP contribution in [0.5, 0.6) is 5.75 Å². The number of hydrogen-bond acceptors (Lipinski definition) is 3. The molecule has 0 aliphatic heterocycles. The van der Waals surface area contributed by atoms with Crippen molar-refractivity contribution in [2.75, 3.05) is 13.7 Å². The summed E-state index contributed by atoms with van der Waals surface area (Å²) in [4.78, 5) is 0. The SMILES string of the molecule is CNC(COc1ccc(Cl)cc1)c1ccnn1C. The summed E-state index contributed by atoms with van der Waals surface area (Å²) in [6.07, 6.45) is 1.78. The van der Waals surface area contributed by atoms with Gasteiger partial charge in [0.2, 0.25) is 0 Å². The number of likely N-dealkylation sites (N-methyl/N-ethyl adjacent to an activating group) is 1. The summed E-state index contributed by atoms with van der Waals surface area (Å²) in [6.45, 7) is 0.539. The highest BCUT2D eigenvalue weighted by Crippen LogP contribution is 2.18. The van der Waals surface area contributed by atoms with Crippen LogP contribution in [-0.2, 0) is 7.05 Å². The van der Waals surface area contributed by atoms with Crippen molar-refractivity contribution in [1.29, 1.82) is 0 Å². The summed E-state index contributed by atoms with van der Waals surface area (Å²) in [7, 11) is 3.82. The molecule has 0 aliphatic rings. The summed E-state index contributed by atoms with van der Waals surface area (Å²) in [6, 6.07) is 9.43. The van der Waals surface area contributed by atoms with Crippen LogP contribution in [0.15, 0.2) is 36.5 Å². The van der Waals surface area contributed by atoms with Crippen molar-refractivity contribution in [2.24, 2.45) is 7.05 Å². The molecule has 1 aromatic heterocycles. The van der Waals surface area contributed by atoms with E-state index in [1.165, 1.54) is 0 Å². The summed E-state index contributed by atoms with van der Waals surface area (Å²) < 4.78 is 7.57. The van der Waals surface area contributed by atoms with Gasteiger partial charge < -0.3 is 10.1 Å². The summed E-state index contributed by atoms with van der Waals surface area (Å²) in [5.41, 5.74) is 1.09. The van der Waals surface area contributed by atoms with Gasteiger partial charge in [0, 0.05) is 18.3 Å². The van der Waals surface area contributed by atoms with Crippen LogP contribution < -0.4 is 10.1 Å². The van der Waals surface area contributed by atoms with E-state index in [4.69, 9.17) is 16.3 Å². The van der Waals surface area contributed by atoms with Gasteiger partial charge in [-0.3, -0.25) is 4.68 Å². The molecular formula is C13H16ClN3O. The summed E-state index contributed by atoms with van der Waals surface area (Å²) in [5, 5.41) is 8.08. The minimum Gasteiger partial charge on any atom is -0.492 e. The Morgan fingerprint density at radius 2 is 2.06 bits per heavy atom. The largest absolute Gasteiger partial charge is 0.492 e. The normalized spacial score (nSPS) is 12.4. The minimum absolute atomic E-state index is 0.105. The van der Waals surface area contributed by atoms with Gasteiger partial charge in [-0.15, -0.1) is 0 Å². The second-order valence-electron chi connectivity index (χ2n) is 3.99. The smallest absolute Gasteiger partial charge is 0.119 e. The fourth-order valence-corrected chi connectivity index (χ4v) is 1.88. The molecule has 1 aromatic carbocycles. The Kier molecular flexibility index (Phi) is 4.23. The Morgan fingerprint density at radius 1 is 1.33 bits per heavy atom. The van der Waals surface area contributed by atoms with Crippen molar-refractivity contribution in [3.8, 4) is 5.75 Å². The number of hydrogen-bond donors (Lipinski definition) is 1. The number of aryl methyl sites for hydroxylation is 1. The molecule has 2 rings (SSSR count). The lowest BCUT2D eigenvalue weighted by atomic mass is 10.2. The number of aromatic nitrogens is 2. The van der Waals surface area contributed by atoms with Gasteiger partial charge in [-0.25, -0.2) is 0 Å². The van der Waals surface area contributed by atoms with E-state index < -0.39 is 0 Å². The average molecular weight is 266 g/mol. The maximum atomic E-state index is 5.82. The van der Waals surface area contributed by atoms with Gasteiger partial charge in [0.05, 0.1) is 11.7 Å². The lowest BCUT2D eigenvalue weighted by molar-refractivity contribution is 0.267. The van der Waals surface area contributed by atoms with Crippen molar-refractivity contribution >= 4 is 11.6 Å². The molecule has 18 heavy (non-hydrogen) atoms. The molecule has 0 amide bonds. The second-order valence-corrected chi connectivity index (χ2v) is 4.42. The summed E-state index contributed by atoms with van der Waals surface area (Å²) in [5.74, 6) is 0.807. The topological polar surface area (TPSA) is 39.1 Å². The van der Waals surface area contributed by atoms with Gasteiger partial charge in [-0.1, -0.05) is 11.6 Å². The van der Waals surface area contributed by atoms with E-state index in [2.05, 4.69) is 10.4 Å². The molecular weight excluding hydrogens is 250 g/mol. The maximum Gasteiger partial charge on any atom is 0.119 e. The molecule has 96 valence electrons. The van der Waals surface area contributed by atoms with Gasteiger partial charge in [-0.2, -0.15) is 5.10 Å². The van der Waals surface area contributed by atoms with Crippen LogP contribution >= 0.6 is 11.6 Å². The Hall–Kier alpha value is -1.52. The van der Waals surface area contributed by atoms with Crippen molar-refractivity contribution in [2.45, 2.75) is 6.04 Å². The highest BCUT2D eigenvalue weighted by Gasteiger charge is 2.13. The lowest BCUT2D eigenvalue weighted by Crippen LogP contribution is -2.25. The molecule has 1 atom stereocenters. The third-order valence-electron chi connectivity index (χ3n) is 2.79. The van der Waals surface area contributed by atoms with Gasteiger partial charge >= 0.3 is 0 Å². The Bertz CT molecular complexity index is 495. The molecule has 0 saturated heterocycles. The summed E-state index contributed by atoms with van der Waals surface area (Å²) >= 11 is 5.82. The van der Waals surface area contributed by atoms with Crippen molar-refractivity contribution < 1.29 is 4.74 Å². The number of ether oxygens (including phenoxy) is 1. The van der Waals surface area contributed by atoms with Crippen molar-refractivity contribution in [3.63, 3.8) is 0 Å². The molecule has 0 spiro atoms. The van der Waals surface area contributed by atoms with Crippen molar-refractivity contribution in [3.05, 3.63) is 47.2 Å². The molecule has 1 unspecified atom stereocenters. The molecule has 0 aliphatic carbocycles. The van der Waals surface area contributed by atoms with E-state index in [-0.39, 0.29) is 6.04 Å². The first-order valence-corrected chi connectivity index (χ1v) is 6.12. The molecule has 1 N–H and O–H groups in total. The first kappa shape index (κ1) is 12.9. The fourth-order valence-electron chi connectivity index (χ4n) is 1.75. The lowest BCUT2D eigenvalue weighted by Gasteiger charge is -2.17. The number of nitrogens with zero attached hydrogens (tertiary/aromatic N) is 2. The third kappa shape index (κ3) is 3.03. The van der Waals surface area contributed by atoms with E-state index >= 15 is 0 Å². The van der Waals surface area contributed by atoms with Crippen LogP contribution in [-0.4, -0.2) is 23.4 Å². The Balaban J connectivity index is 2.00. The molecule has 0 fully saturated rings. The monoisotopic (exact) mass is 265 g/mol. The Morgan fingerprint density at radius 3 is 2.61 bits per heavy atom. The molecule has 0 saturated carbocycles. The van der Waals surface area contributed by atoms with E-state index in [9.17, 15) is 0 Å². The zero-order chi connectivity index (χ0) is 13.0. The van der Waals surface area contributed by atoms with Crippen LogP contribution in [0.25, 0.3) is 0 Å². The number of nitrogens with one attached hydrogen (secondary N) is 1. The first-order valence-electron chi connectivity index (χ1n) is 5.74. The van der Waals surface area contributed by atoms with Crippen LogP contribution in [0.3, 0.4) is 0 Å². The zero-order valence-corrected chi connectivity index (χ0v) is 11.2. The van der Waals surface area contributed by atoms with Gasteiger partial charge in [0.15, 0.2) is 0 Å². The van der Waals surface area contributed by atoms with Crippen LogP contribution in [0, 0.1) is 0 Å². The quantitative estimate of drug-likeness (QED) is 0.902. The molecule has 5 heteroatoms. The van der Waals surface area contributed by atoms with E-state index in [0.717, 1.165) is 11.4 Å². The van der Waals surface area contributed by atoms with Crippen molar-refractivity contribution in [1.82, 2.24) is 15.1 Å². The molecule has 0 bridgehead atoms. The predicted molar refractivity (Wildman–Crippen MR) is 72.0 cm³/mol. The standard InChI is InChI=1S/C13H16ClN3O/c1-15-12(13-7-8-16-17(13)2)9-18-11-5-3-10(14)4-6-11/h3-8,12,15H,9H2,1-2H3. The highest BCUT2D eigenvalue weighted by atomic mass is 35.5. The maximum absolute atomic E-state index is 5.82. The second kappa shape index (κ2) is 5.89. The Labute approximate surface area is 112 Å².